The molecule has 0 aromatic rings. The van der Waals surface area contributed by atoms with E-state index in [2.05, 4.69) is 0 Å². The van der Waals surface area contributed by atoms with Crippen LogP contribution in [-0.4, -0.2) is 0 Å². The van der Waals surface area contributed by atoms with Gasteiger partial charge in [-0.3, -0.25) is 0 Å². The van der Waals surface area contributed by atoms with Gasteiger partial charge < -0.3 is 5.73 Å². The quantitative estimate of drug-likeness (QED) is 0.530. The highest BCUT2D eigenvalue weighted by molar-refractivity contribution is 6.32. The van der Waals surface area contributed by atoms with E-state index in [-0.39, 0.29) is 0 Å². The zero-order valence-electron chi connectivity index (χ0n) is 4.52. The molecule has 1 nitrogen and oxygen atoms in total. The van der Waals surface area contributed by atoms with Crippen molar-refractivity contribution >= 4 is 11.6 Å². The van der Waals surface area contributed by atoms with Gasteiger partial charge in [0.15, 0.2) is 0 Å². The molecule has 0 aliphatic heterocycles. The van der Waals surface area contributed by atoms with Crippen molar-refractivity contribution in [2.45, 2.75) is 12.8 Å². The zero-order chi connectivity index (χ0) is 5.98. The van der Waals surface area contributed by atoms with Crippen LogP contribution in [0.15, 0.2) is 22.9 Å². The molecule has 0 spiro atoms. The average Bonchev–Trinajstić information content (AvgIpc) is 2.14. The Hall–Kier alpha value is -0.430. The van der Waals surface area contributed by atoms with Crippen molar-refractivity contribution in [3.63, 3.8) is 0 Å². The van der Waals surface area contributed by atoms with Crippen molar-refractivity contribution in [1.82, 2.24) is 0 Å². The molecule has 0 saturated carbocycles. The molecule has 2 heteroatoms. The predicted octanol–water partition coefficient (Wildman–Crippen LogP) is 1.75. The van der Waals surface area contributed by atoms with Gasteiger partial charge in [-0.15, -0.1) is 0 Å². The smallest absolute Gasteiger partial charge is 0.0412 e. The van der Waals surface area contributed by atoms with Crippen molar-refractivity contribution in [1.29, 1.82) is 0 Å². The second-order valence-corrected chi connectivity index (χ2v) is 2.19. The van der Waals surface area contributed by atoms with Crippen LogP contribution in [0.4, 0.5) is 0 Å². The fraction of sp³-hybridized carbons (Fsp3) is 0.333. The Morgan fingerprint density at radius 2 is 2.50 bits per heavy atom. The van der Waals surface area contributed by atoms with Crippen LogP contribution in [0.1, 0.15) is 12.8 Å². The lowest BCUT2D eigenvalue weighted by molar-refractivity contribution is 1.06. The standard InChI is InChI=1S/C6H8ClN/c7-6-3-1-2-5(6)4-8/h3-4H,1-2,8H2/b5-4+. The molecule has 2 N–H and O–H groups in total. The van der Waals surface area contributed by atoms with Crippen LogP contribution in [0.5, 0.6) is 0 Å². The van der Waals surface area contributed by atoms with Gasteiger partial charge in [0.2, 0.25) is 0 Å². The summed E-state index contributed by atoms with van der Waals surface area (Å²) in [6, 6.07) is 0. The van der Waals surface area contributed by atoms with Crippen LogP contribution < -0.4 is 5.73 Å². The first-order valence-corrected chi connectivity index (χ1v) is 2.99. The van der Waals surface area contributed by atoms with Gasteiger partial charge in [-0.25, -0.2) is 0 Å². The molecule has 0 atom stereocenters. The summed E-state index contributed by atoms with van der Waals surface area (Å²) >= 11 is 5.69. The Bertz CT molecular complexity index is 147. The lowest BCUT2D eigenvalue weighted by Crippen LogP contribution is -1.83. The Balaban J connectivity index is 2.74. The van der Waals surface area contributed by atoms with E-state index in [1.165, 1.54) is 0 Å². The maximum absolute atomic E-state index is 5.69. The minimum Gasteiger partial charge on any atom is -0.404 e. The Morgan fingerprint density at radius 3 is 2.75 bits per heavy atom. The third-order valence-electron chi connectivity index (χ3n) is 1.25. The van der Waals surface area contributed by atoms with E-state index in [9.17, 15) is 0 Å². The van der Waals surface area contributed by atoms with E-state index in [0.717, 1.165) is 23.4 Å². The van der Waals surface area contributed by atoms with Gasteiger partial charge in [-0.1, -0.05) is 17.7 Å². The fourth-order valence-electron chi connectivity index (χ4n) is 0.768. The van der Waals surface area contributed by atoms with Crippen LogP contribution in [0.3, 0.4) is 0 Å². The van der Waals surface area contributed by atoms with E-state index in [1.54, 1.807) is 6.20 Å². The Kier molecular flexibility index (Phi) is 1.59. The topological polar surface area (TPSA) is 26.0 Å². The van der Waals surface area contributed by atoms with E-state index >= 15 is 0 Å². The van der Waals surface area contributed by atoms with Crippen molar-refractivity contribution in [3.8, 4) is 0 Å². The van der Waals surface area contributed by atoms with E-state index in [0.29, 0.717) is 0 Å². The molecule has 0 aromatic heterocycles. The van der Waals surface area contributed by atoms with Crippen molar-refractivity contribution in [2.75, 3.05) is 0 Å². The first-order valence-electron chi connectivity index (χ1n) is 2.61. The molecular formula is C6H8ClN. The molecule has 0 bridgehead atoms. The second-order valence-electron chi connectivity index (χ2n) is 1.78. The molecule has 0 radical (unpaired) electrons. The highest BCUT2D eigenvalue weighted by Crippen LogP contribution is 2.26. The molecule has 1 aliphatic carbocycles. The predicted molar refractivity (Wildman–Crippen MR) is 35.4 cm³/mol. The summed E-state index contributed by atoms with van der Waals surface area (Å²) in [4.78, 5) is 0. The molecule has 0 heterocycles. The summed E-state index contributed by atoms with van der Waals surface area (Å²) in [7, 11) is 0. The summed E-state index contributed by atoms with van der Waals surface area (Å²) in [6.07, 6.45) is 5.61. The fourth-order valence-corrected chi connectivity index (χ4v) is 1.03. The summed E-state index contributed by atoms with van der Waals surface area (Å²) in [6.45, 7) is 0. The van der Waals surface area contributed by atoms with Crippen molar-refractivity contribution < 1.29 is 0 Å². The average molecular weight is 130 g/mol. The molecule has 0 aromatic carbocycles. The number of rotatable bonds is 0. The lowest BCUT2D eigenvalue weighted by Gasteiger charge is -1.90. The number of nitrogens with two attached hydrogens (primary N) is 1. The lowest BCUT2D eigenvalue weighted by atomic mass is 10.3. The molecule has 1 rings (SSSR count). The minimum atomic E-state index is 0.826. The van der Waals surface area contributed by atoms with Crippen molar-refractivity contribution in [3.05, 3.63) is 22.9 Å². The van der Waals surface area contributed by atoms with Crippen LogP contribution in [0, 0.1) is 0 Å². The normalized spacial score (nSPS) is 24.1. The largest absolute Gasteiger partial charge is 0.404 e. The van der Waals surface area contributed by atoms with E-state index < -0.39 is 0 Å². The maximum atomic E-state index is 5.69. The highest BCUT2D eigenvalue weighted by Gasteiger charge is 2.06. The van der Waals surface area contributed by atoms with Gasteiger partial charge in [-0.2, -0.15) is 0 Å². The molecule has 0 unspecified atom stereocenters. The van der Waals surface area contributed by atoms with Crippen LogP contribution in [0.25, 0.3) is 0 Å². The monoisotopic (exact) mass is 129 g/mol. The number of halogens is 1. The Labute approximate surface area is 53.8 Å². The molecule has 0 saturated heterocycles. The first kappa shape index (κ1) is 5.70. The van der Waals surface area contributed by atoms with Gasteiger partial charge in [-0.05, 0) is 24.6 Å². The molecule has 0 amide bonds. The summed E-state index contributed by atoms with van der Waals surface area (Å²) < 4.78 is 0. The van der Waals surface area contributed by atoms with Gasteiger partial charge in [0.05, 0.1) is 0 Å². The van der Waals surface area contributed by atoms with Gasteiger partial charge in [0.1, 0.15) is 0 Å². The SMILES string of the molecule is N/C=C1\CCC=C1Cl. The molecular weight excluding hydrogens is 122 g/mol. The minimum absolute atomic E-state index is 0.826. The van der Waals surface area contributed by atoms with Crippen LogP contribution >= 0.6 is 11.6 Å². The summed E-state index contributed by atoms with van der Waals surface area (Å²) in [5.74, 6) is 0. The van der Waals surface area contributed by atoms with Crippen LogP contribution in [-0.2, 0) is 0 Å². The van der Waals surface area contributed by atoms with E-state index in [4.69, 9.17) is 17.3 Å². The van der Waals surface area contributed by atoms with Crippen molar-refractivity contribution in [2.24, 2.45) is 5.73 Å². The first-order chi connectivity index (χ1) is 3.84. The molecule has 1 aliphatic rings. The number of hydrogen-bond acceptors (Lipinski definition) is 1. The number of allylic oxidation sites excluding steroid dienone is 3. The van der Waals surface area contributed by atoms with Gasteiger partial charge >= 0.3 is 0 Å². The zero-order valence-corrected chi connectivity index (χ0v) is 5.28. The second kappa shape index (κ2) is 2.23. The third kappa shape index (κ3) is 0.869. The highest BCUT2D eigenvalue weighted by atomic mass is 35.5. The van der Waals surface area contributed by atoms with E-state index in [1.807, 2.05) is 6.08 Å². The summed E-state index contributed by atoms with van der Waals surface area (Å²) in [5.41, 5.74) is 6.31. The molecule has 44 valence electrons. The van der Waals surface area contributed by atoms with Gasteiger partial charge in [0, 0.05) is 5.03 Å². The number of hydrogen-bond donors (Lipinski definition) is 1. The summed E-state index contributed by atoms with van der Waals surface area (Å²) in [5, 5.41) is 0.826. The molecule has 0 fully saturated rings. The Morgan fingerprint density at radius 1 is 1.75 bits per heavy atom. The maximum Gasteiger partial charge on any atom is 0.0412 e. The van der Waals surface area contributed by atoms with Crippen LogP contribution in [0.2, 0.25) is 0 Å². The third-order valence-corrected chi connectivity index (χ3v) is 1.64. The molecule has 8 heavy (non-hydrogen) atoms. The van der Waals surface area contributed by atoms with Gasteiger partial charge in [0.25, 0.3) is 0 Å².